The van der Waals surface area contributed by atoms with Crippen molar-refractivity contribution < 1.29 is 9.47 Å². The van der Waals surface area contributed by atoms with Crippen molar-refractivity contribution in [2.45, 2.75) is 19.9 Å². The molecule has 0 aromatic carbocycles. The fourth-order valence-electron chi connectivity index (χ4n) is 1.85. The van der Waals surface area contributed by atoms with Crippen LogP contribution in [0, 0.1) is 12.8 Å². The summed E-state index contributed by atoms with van der Waals surface area (Å²) in [7, 11) is 1.90. The molecule has 0 aliphatic carbocycles. The second-order valence-electron chi connectivity index (χ2n) is 4.35. The van der Waals surface area contributed by atoms with Gasteiger partial charge in [0.1, 0.15) is 0 Å². The quantitative estimate of drug-likeness (QED) is 0.825. The number of hydrogen-bond acceptors (Lipinski definition) is 5. The first-order valence-electron chi connectivity index (χ1n) is 5.97. The Hall–Kier alpha value is -1.20. The van der Waals surface area contributed by atoms with Gasteiger partial charge in [-0.1, -0.05) is 0 Å². The number of aromatic nitrogens is 2. The van der Waals surface area contributed by atoms with Crippen LogP contribution in [0.1, 0.15) is 17.8 Å². The van der Waals surface area contributed by atoms with E-state index in [9.17, 15) is 0 Å². The van der Waals surface area contributed by atoms with Crippen molar-refractivity contribution in [1.29, 1.82) is 0 Å². The van der Waals surface area contributed by atoms with Gasteiger partial charge < -0.3 is 14.8 Å². The molecule has 1 aliphatic rings. The Morgan fingerprint density at radius 1 is 1.53 bits per heavy atom. The van der Waals surface area contributed by atoms with Gasteiger partial charge in [0.15, 0.2) is 0 Å². The Labute approximate surface area is 102 Å². The largest absolute Gasteiger partial charge is 0.463 e. The first-order valence-corrected chi connectivity index (χ1v) is 5.97. The number of aryl methyl sites for hydroxylation is 1. The Kier molecular flexibility index (Phi) is 4.28. The zero-order chi connectivity index (χ0) is 12.1. The van der Waals surface area contributed by atoms with E-state index in [0.29, 0.717) is 18.5 Å². The molecule has 2 heterocycles. The summed E-state index contributed by atoms with van der Waals surface area (Å²) in [6, 6.07) is 2.43. The Morgan fingerprint density at radius 3 is 3.12 bits per heavy atom. The first-order chi connectivity index (χ1) is 8.28. The standard InChI is InChI=1S/C12H19N3O2/c1-9-5-11(6-13-2)15-12(14-9)17-8-10-3-4-16-7-10/h5,10,13H,3-4,6-8H2,1-2H3. The number of rotatable bonds is 5. The molecule has 1 aliphatic heterocycles. The zero-order valence-corrected chi connectivity index (χ0v) is 10.4. The van der Waals surface area contributed by atoms with Crippen LogP contribution in [0.4, 0.5) is 0 Å². The van der Waals surface area contributed by atoms with E-state index in [-0.39, 0.29) is 0 Å². The maximum atomic E-state index is 5.63. The predicted octanol–water partition coefficient (Wildman–Crippen LogP) is 0.920. The van der Waals surface area contributed by atoms with Gasteiger partial charge in [0, 0.05) is 24.8 Å². The summed E-state index contributed by atoms with van der Waals surface area (Å²) >= 11 is 0. The lowest BCUT2D eigenvalue weighted by molar-refractivity contribution is 0.163. The van der Waals surface area contributed by atoms with Crippen molar-refractivity contribution >= 4 is 0 Å². The fourth-order valence-corrected chi connectivity index (χ4v) is 1.85. The van der Waals surface area contributed by atoms with E-state index in [1.54, 1.807) is 0 Å². The normalized spacial score (nSPS) is 19.5. The minimum Gasteiger partial charge on any atom is -0.463 e. The van der Waals surface area contributed by atoms with Gasteiger partial charge in [0.2, 0.25) is 0 Å². The highest BCUT2D eigenvalue weighted by atomic mass is 16.5. The smallest absolute Gasteiger partial charge is 0.316 e. The molecule has 2 rings (SSSR count). The van der Waals surface area contributed by atoms with Crippen LogP contribution in [0.25, 0.3) is 0 Å². The highest BCUT2D eigenvalue weighted by Crippen LogP contribution is 2.14. The summed E-state index contributed by atoms with van der Waals surface area (Å²) in [6.45, 7) is 4.95. The number of ether oxygens (including phenoxy) is 2. The van der Waals surface area contributed by atoms with E-state index in [1.807, 2.05) is 20.0 Å². The van der Waals surface area contributed by atoms with E-state index in [0.717, 1.165) is 37.6 Å². The summed E-state index contributed by atoms with van der Waals surface area (Å²) in [4.78, 5) is 8.62. The summed E-state index contributed by atoms with van der Waals surface area (Å²) in [5.74, 6) is 0.479. The predicted molar refractivity (Wildman–Crippen MR) is 64.0 cm³/mol. The second-order valence-corrected chi connectivity index (χ2v) is 4.35. The van der Waals surface area contributed by atoms with Crippen molar-refractivity contribution in [2.24, 2.45) is 5.92 Å². The molecule has 0 saturated carbocycles. The number of nitrogens with one attached hydrogen (secondary N) is 1. The van der Waals surface area contributed by atoms with Crippen molar-refractivity contribution in [3.8, 4) is 6.01 Å². The zero-order valence-electron chi connectivity index (χ0n) is 10.4. The third-order valence-electron chi connectivity index (χ3n) is 2.72. The highest BCUT2D eigenvalue weighted by Gasteiger charge is 2.16. The van der Waals surface area contributed by atoms with Crippen LogP contribution in [-0.4, -0.2) is 36.8 Å². The number of hydrogen-bond donors (Lipinski definition) is 1. The summed E-state index contributed by atoms with van der Waals surface area (Å²) in [6.07, 6.45) is 1.06. The lowest BCUT2D eigenvalue weighted by Gasteiger charge is -2.10. The third kappa shape index (κ3) is 3.64. The third-order valence-corrected chi connectivity index (χ3v) is 2.72. The molecule has 5 nitrogen and oxygen atoms in total. The monoisotopic (exact) mass is 237 g/mol. The van der Waals surface area contributed by atoms with Crippen LogP contribution < -0.4 is 10.1 Å². The van der Waals surface area contributed by atoms with Crippen LogP contribution in [0.15, 0.2) is 6.07 Å². The Morgan fingerprint density at radius 2 is 2.41 bits per heavy atom. The van der Waals surface area contributed by atoms with Crippen molar-refractivity contribution in [2.75, 3.05) is 26.9 Å². The molecule has 0 radical (unpaired) electrons. The van der Waals surface area contributed by atoms with Gasteiger partial charge in [0.25, 0.3) is 0 Å². The topological polar surface area (TPSA) is 56.3 Å². The minimum absolute atomic E-state index is 0.474. The molecule has 1 saturated heterocycles. The molecule has 94 valence electrons. The van der Waals surface area contributed by atoms with Gasteiger partial charge in [-0.05, 0) is 26.5 Å². The van der Waals surface area contributed by atoms with Crippen LogP contribution in [0.5, 0.6) is 6.01 Å². The second kappa shape index (κ2) is 5.93. The van der Waals surface area contributed by atoms with Crippen molar-refractivity contribution in [1.82, 2.24) is 15.3 Å². The van der Waals surface area contributed by atoms with Crippen LogP contribution in [0.3, 0.4) is 0 Å². The molecular formula is C12H19N3O2. The van der Waals surface area contributed by atoms with Gasteiger partial charge >= 0.3 is 6.01 Å². The van der Waals surface area contributed by atoms with Gasteiger partial charge in [0.05, 0.1) is 18.9 Å². The van der Waals surface area contributed by atoms with Gasteiger partial charge in [-0.15, -0.1) is 0 Å². The Balaban J connectivity index is 1.94. The van der Waals surface area contributed by atoms with Crippen LogP contribution >= 0.6 is 0 Å². The molecule has 0 amide bonds. The molecular weight excluding hydrogens is 218 g/mol. The summed E-state index contributed by atoms with van der Waals surface area (Å²) in [5, 5.41) is 3.07. The summed E-state index contributed by atoms with van der Waals surface area (Å²) < 4.78 is 10.9. The SMILES string of the molecule is CNCc1cc(C)nc(OCC2CCOC2)n1. The maximum Gasteiger partial charge on any atom is 0.316 e. The van der Waals surface area contributed by atoms with E-state index in [1.165, 1.54) is 0 Å². The van der Waals surface area contributed by atoms with Gasteiger partial charge in [-0.2, -0.15) is 4.98 Å². The van der Waals surface area contributed by atoms with E-state index in [4.69, 9.17) is 9.47 Å². The average Bonchev–Trinajstić information content (AvgIpc) is 2.79. The van der Waals surface area contributed by atoms with E-state index >= 15 is 0 Å². The lowest BCUT2D eigenvalue weighted by Crippen LogP contribution is -2.14. The molecule has 5 heteroatoms. The van der Waals surface area contributed by atoms with Crippen LogP contribution in [-0.2, 0) is 11.3 Å². The molecule has 1 fully saturated rings. The van der Waals surface area contributed by atoms with E-state index < -0.39 is 0 Å². The van der Waals surface area contributed by atoms with Gasteiger partial charge in [-0.3, -0.25) is 0 Å². The molecule has 1 atom stereocenters. The van der Waals surface area contributed by atoms with E-state index in [2.05, 4.69) is 15.3 Å². The van der Waals surface area contributed by atoms with Crippen molar-refractivity contribution in [3.63, 3.8) is 0 Å². The molecule has 1 aromatic rings. The molecule has 1 N–H and O–H groups in total. The molecule has 1 unspecified atom stereocenters. The molecule has 17 heavy (non-hydrogen) atoms. The molecule has 0 bridgehead atoms. The maximum absolute atomic E-state index is 5.63. The van der Waals surface area contributed by atoms with Crippen LogP contribution in [0.2, 0.25) is 0 Å². The first kappa shape index (κ1) is 12.3. The number of nitrogens with zero attached hydrogens (tertiary/aromatic N) is 2. The lowest BCUT2D eigenvalue weighted by atomic mass is 10.1. The Bertz CT molecular complexity index is 365. The van der Waals surface area contributed by atoms with Gasteiger partial charge in [-0.25, -0.2) is 4.98 Å². The molecule has 1 aromatic heterocycles. The minimum atomic E-state index is 0.474. The van der Waals surface area contributed by atoms with Crippen molar-refractivity contribution in [3.05, 3.63) is 17.5 Å². The molecule has 0 spiro atoms. The highest BCUT2D eigenvalue weighted by molar-refractivity contribution is 5.12. The summed E-state index contributed by atoms with van der Waals surface area (Å²) in [5.41, 5.74) is 1.89. The average molecular weight is 237 g/mol. The fraction of sp³-hybridized carbons (Fsp3) is 0.667.